The van der Waals surface area contributed by atoms with E-state index in [1.165, 1.54) is 0 Å². The smallest absolute Gasteiger partial charge is 0.154 e. The van der Waals surface area contributed by atoms with E-state index in [4.69, 9.17) is 9.47 Å². The third-order valence-electron chi connectivity index (χ3n) is 1.44. The lowest BCUT2D eigenvalue weighted by atomic mass is 10.3. The van der Waals surface area contributed by atoms with E-state index in [2.05, 4.69) is 19.1 Å². The van der Waals surface area contributed by atoms with Gasteiger partial charge in [0, 0.05) is 6.61 Å². The molecular weight excluding hydrogens is 152 g/mol. The third-order valence-corrected chi connectivity index (χ3v) is 1.44. The van der Waals surface area contributed by atoms with Crippen LogP contribution in [-0.2, 0) is 9.47 Å². The normalized spacial score (nSPS) is 13.9. The molecule has 1 atom stereocenters. The van der Waals surface area contributed by atoms with Gasteiger partial charge in [0.15, 0.2) is 6.29 Å². The first-order valence-electron chi connectivity index (χ1n) is 4.69. The van der Waals surface area contributed by atoms with Crippen molar-refractivity contribution in [2.24, 2.45) is 0 Å². The van der Waals surface area contributed by atoms with E-state index in [1.54, 1.807) is 0 Å². The van der Waals surface area contributed by atoms with E-state index < -0.39 is 0 Å². The summed E-state index contributed by atoms with van der Waals surface area (Å²) < 4.78 is 10.6. The van der Waals surface area contributed by atoms with Crippen LogP contribution < -0.4 is 0 Å². The van der Waals surface area contributed by atoms with Crippen LogP contribution in [0.4, 0.5) is 0 Å². The molecule has 0 aromatic heterocycles. The van der Waals surface area contributed by atoms with Gasteiger partial charge in [-0.3, -0.25) is 0 Å². The molecule has 0 aromatic carbocycles. The average Bonchev–Trinajstić information content (AvgIpc) is 2.05. The molecule has 0 aliphatic rings. The first kappa shape index (κ1) is 11.7. The fourth-order valence-electron chi connectivity index (χ4n) is 0.869. The highest BCUT2D eigenvalue weighted by Gasteiger charge is 1.97. The van der Waals surface area contributed by atoms with E-state index >= 15 is 0 Å². The van der Waals surface area contributed by atoms with Crippen molar-refractivity contribution in [3.63, 3.8) is 0 Å². The molecule has 2 heteroatoms. The second-order valence-electron chi connectivity index (χ2n) is 2.56. The number of allylic oxidation sites excluding steroid dienone is 1. The number of hydrogen-bond donors (Lipinski definition) is 0. The van der Waals surface area contributed by atoms with Gasteiger partial charge in [-0.2, -0.15) is 0 Å². The molecule has 12 heavy (non-hydrogen) atoms. The average molecular weight is 172 g/mol. The van der Waals surface area contributed by atoms with Gasteiger partial charge in [0.25, 0.3) is 0 Å². The van der Waals surface area contributed by atoms with Crippen molar-refractivity contribution in [1.29, 1.82) is 0 Å². The Morgan fingerprint density at radius 3 is 2.50 bits per heavy atom. The van der Waals surface area contributed by atoms with Gasteiger partial charge < -0.3 is 9.47 Å². The molecule has 0 rings (SSSR count). The Kier molecular flexibility index (Phi) is 8.51. The van der Waals surface area contributed by atoms with Crippen molar-refractivity contribution < 1.29 is 9.47 Å². The molecule has 0 heterocycles. The predicted molar refractivity (Wildman–Crippen MR) is 51.1 cm³/mol. The van der Waals surface area contributed by atoms with E-state index in [0.29, 0.717) is 6.61 Å². The van der Waals surface area contributed by atoms with Gasteiger partial charge in [-0.1, -0.05) is 19.1 Å². The van der Waals surface area contributed by atoms with Gasteiger partial charge in [-0.25, -0.2) is 0 Å². The Morgan fingerprint density at radius 2 is 1.92 bits per heavy atom. The molecule has 72 valence electrons. The lowest BCUT2D eigenvalue weighted by Gasteiger charge is -2.11. The fourth-order valence-corrected chi connectivity index (χ4v) is 0.869. The fraction of sp³-hybridized carbons (Fsp3) is 0.800. The summed E-state index contributed by atoms with van der Waals surface area (Å²) in [5.74, 6) is 0. The van der Waals surface area contributed by atoms with Crippen molar-refractivity contribution in [2.45, 2.75) is 39.9 Å². The summed E-state index contributed by atoms with van der Waals surface area (Å²) in [6, 6.07) is 0. The lowest BCUT2D eigenvalue weighted by Crippen LogP contribution is -2.12. The van der Waals surface area contributed by atoms with Gasteiger partial charge >= 0.3 is 0 Å². The largest absolute Gasteiger partial charge is 0.353 e. The topological polar surface area (TPSA) is 18.5 Å². The second kappa shape index (κ2) is 8.75. The zero-order chi connectivity index (χ0) is 9.23. The van der Waals surface area contributed by atoms with E-state index in [-0.39, 0.29) is 6.29 Å². The Bertz CT molecular complexity index is 110. The maximum atomic E-state index is 5.36. The summed E-state index contributed by atoms with van der Waals surface area (Å²) in [4.78, 5) is 0. The number of hydrogen-bond acceptors (Lipinski definition) is 2. The molecule has 2 nitrogen and oxygen atoms in total. The quantitative estimate of drug-likeness (QED) is 0.334. The molecule has 0 bridgehead atoms. The van der Waals surface area contributed by atoms with Crippen LogP contribution in [-0.4, -0.2) is 19.5 Å². The number of ether oxygens (including phenoxy) is 2. The maximum Gasteiger partial charge on any atom is 0.154 e. The van der Waals surface area contributed by atoms with Crippen LogP contribution in [0.3, 0.4) is 0 Å². The van der Waals surface area contributed by atoms with Crippen molar-refractivity contribution in [3.8, 4) is 0 Å². The van der Waals surface area contributed by atoms with E-state index in [9.17, 15) is 0 Å². The molecule has 0 radical (unpaired) electrons. The Balaban J connectivity index is 3.13. The summed E-state index contributed by atoms with van der Waals surface area (Å²) in [7, 11) is 0. The minimum Gasteiger partial charge on any atom is -0.353 e. The van der Waals surface area contributed by atoms with Crippen LogP contribution in [0.15, 0.2) is 12.2 Å². The van der Waals surface area contributed by atoms with Crippen LogP contribution in [0.1, 0.15) is 33.6 Å². The maximum absolute atomic E-state index is 5.36. The SMILES string of the molecule is CC/C=C/CCO[C@H](C)OCC. The summed E-state index contributed by atoms with van der Waals surface area (Å²) in [5.41, 5.74) is 0. The summed E-state index contributed by atoms with van der Waals surface area (Å²) in [6.45, 7) is 7.48. The molecule has 0 unspecified atom stereocenters. The van der Waals surface area contributed by atoms with Crippen molar-refractivity contribution in [3.05, 3.63) is 12.2 Å². The molecule has 0 saturated carbocycles. The first-order chi connectivity index (χ1) is 5.81. The van der Waals surface area contributed by atoms with Crippen molar-refractivity contribution >= 4 is 0 Å². The monoisotopic (exact) mass is 172 g/mol. The van der Waals surface area contributed by atoms with Crippen LogP contribution >= 0.6 is 0 Å². The molecule has 0 aromatic rings. The third kappa shape index (κ3) is 7.76. The van der Waals surface area contributed by atoms with Crippen LogP contribution in [0.5, 0.6) is 0 Å². The summed E-state index contributed by atoms with van der Waals surface area (Å²) >= 11 is 0. The zero-order valence-corrected chi connectivity index (χ0v) is 8.38. The van der Waals surface area contributed by atoms with Gasteiger partial charge in [-0.05, 0) is 26.7 Å². The highest BCUT2D eigenvalue weighted by molar-refractivity contribution is 4.79. The van der Waals surface area contributed by atoms with Gasteiger partial charge in [0.2, 0.25) is 0 Å². The van der Waals surface area contributed by atoms with Crippen LogP contribution in [0.25, 0.3) is 0 Å². The molecule has 0 N–H and O–H groups in total. The minimum atomic E-state index is -0.0648. The molecule has 0 saturated heterocycles. The standard InChI is InChI=1S/C10H20O2/c1-4-6-7-8-9-12-10(3)11-5-2/h6-7,10H,4-5,8-9H2,1-3H3/b7-6+/t10-/m1/s1. The molecule has 0 aliphatic heterocycles. The zero-order valence-electron chi connectivity index (χ0n) is 8.38. The number of rotatable bonds is 7. The lowest BCUT2D eigenvalue weighted by molar-refractivity contribution is -0.125. The van der Waals surface area contributed by atoms with Gasteiger partial charge in [-0.15, -0.1) is 0 Å². The Hall–Kier alpha value is -0.340. The highest BCUT2D eigenvalue weighted by atomic mass is 16.7. The minimum absolute atomic E-state index is 0.0648. The van der Waals surface area contributed by atoms with Crippen molar-refractivity contribution in [1.82, 2.24) is 0 Å². The molecular formula is C10H20O2. The van der Waals surface area contributed by atoms with Crippen LogP contribution in [0.2, 0.25) is 0 Å². The van der Waals surface area contributed by atoms with E-state index in [1.807, 2.05) is 13.8 Å². The first-order valence-corrected chi connectivity index (χ1v) is 4.69. The highest BCUT2D eigenvalue weighted by Crippen LogP contribution is 1.95. The molecule has 0 spiro atoms. The van der Waals surface area contributed by atoms with Crippen molar-refractivity contribution in [2.75, 3.05) is 13.2 Å². The Morgan fingerprint density at radius 1 is 1.17 bits per heavy atom. The molecule has 0 aliphatic carbocycles. The Labute approximate surface area is 75.6 Å². The molecule has 0 amide bonds. The van der Waals surface area contributed by atoms with Gasteiger partial charge in [0.05, 0.1) is 6.61 Å². The predicted octanol–water partition coefficient (Wildman–Crippen LogP) is 2.74. The van der Waals surface area contributed by atoms with E-state index in [0.717, 1.165) is 19.4 Å². The molecule has 0 fully saturated rings. The van der Waals surface area contributed by atoms with Crippen LogP contribution in [0, 0.1) is 0 Å². The summed E-state index contributed by atoms with van der Waals surface area (Å²) in [5, 5.41) is 0. The van der Waals surface area contributed by atoms with Gasteiger partial charge in [0.1, 0.15) is 0 Å². The second-order valence-corrected chi connectivity index (χ2v) is 2.56. The summed E-state index contributed by atoms with van der Waals surface area (Å²) in [6.07, 6.45) is 6.30.